The summed E-state index contributed by atoms with van der Waals surface area (Å²) in [7, 11) is 0. The quantitative estimate of drug-likeness (QED) is 0.345. The molecule has 1 amide bonds. The summed E-state index contributed by atoms with van der Waals surface area (Å²) in [5.74, 6) is -0.175. The van der Waals surface area contributed by atoms with Crippen molar-refractivity contribution >= 4 is 17.8 Å². The Bertz CT molecular complexity index is 1040. The summed E-state index contributed by atoms with van der Waals surface area (Å²) in [6.07, 6.45) is 3.99. The van der Waals surface area contributed by atoms with E-state index >= 15 is 0 Å². The van der Waals surface area contributed by atoms with E-state index in [0.29, 0.717) is 25.5 Å². The third-order valence-electron chi connectivity index (χ3n) is 7.39. The van der Waals surface area contributed by atoms with Crippen LogP contribution in [0.25, 0.3) is 0 Å². The zero-order valence-electron chi connectivity index (χ0n) is 20.6. The molecular weight excluding hydrogens is 456 g/mol. The molecule has 2 saturated heterocycles. The highest BCUT2D eigenvalue weighted by Gasteiger charge is 2.40. The molecule has 2 aromatic carbocycles. The van der Waals surface area contributed by atoms with Crippen molar-refractivity contribution in [3.05, 3.63) is 65.7 Å². The Morgan fingerprint density at radius 2 is 1.78 bits per heavy atom. The van der Waals surface area contributed by atoms with Crippen molar-refractivity contribution in [3.63, 3.8) is 0 Å². The number of rotatable bonds is 10. The Kier molecular flexibility index (Phi) is 8.46. The van der Waals surface area contributed by atoms with Crippen LogP contribution in [-0.4, -0.2) is 65.0 Å². The number of carboxylic acids is 1. The number of carbonyl (C=O) groups is 2. The lowest BCUT2D eigenvalue weighted by Gasteiger charge is -2.32. The minimum atomic E-state index is -0.941. The second-order valence-corrected chi connectivity index (χ2v) is 9.83. The molecular formula is C28H36N4O4. The first-order valence-corrected chi connectivity index (χ1v) is 12.8. The van der Waals surface area contributed by atoms with E-state index < -0.39 is 11.9 Å². The van der Waals surface area contributed by atoms with E-state index in [4.69, 9.17) is 15.9 Å². The van der Waals surface area contributed by atoms with Gasteiger partial charge < -0.3 is 25.4 Å². The van der Waals surface area contributed by atoms with Gasteiger partial charge in [-0.05, 0) is 61.3 Å². The lowest BCUT2D eigenvalue weighted by molar-refractivity contribution is -0.142. The van der Waals surface area contributed by atoms with Gasteiger partial charge in [-0.1, -0.05) is 42.5 Å². The normalized spacial score (nSPS) is 20.5. The van der Waals surface area contributed by atoms with Crippen molar-refractivity contribution in [2.45, 2.75) is 50.5 Å². The molecule has 0 spiro atoms. The summed E-state index contributed by atoms with van der Waals surface area (Å²) in [6.45, 7) is 2.54. The fourth-order valence-corrected chi connectivity index (χ4v) is 5.38. The highest BCUT2D eigenvalue weighted by atomic mass is 16.5. The van der Waals surface area contributed by atoms with E-state index in [9.17, 15) is 14.7 Å². The predicted molar refractivity (Wildman–Crippen MR) is 138 cm³/mol. The second kappa shape index (κ2) is 11.9. The molecule has 0 unspecified atom stereocenters. The summed E-state index contributed by atoms with van der Waals surface area (Å²) in [5.41, 5.74) is 8.08. The van der Waals surface area contributed by atoms with Gasteiger partial charge in [0.2, 0.25) is 5.91 Å². The van der Waals surface area contributed by atoms with Crippen LogP contribution >= 0.6 is 0 Å². The van der Waals surface area contributed by atoms with Crippen LogP contribution in [0.3, 0.4) is 0 Å². The van der Waals surface area contributed by atoms with E-state index in [1.807, 2.05) is 40.1 Å². The Labute approximate surface area is 212 Å². The fraction of sp³-hybridized carbons (Fsp3) is 0.464. The Balaban J connectivity index is 1.32. The van der Waals surface area contributed by atoms with Crippen LogP contribution in [0.4, 0.5) is 0 Å². The number of hydrogen-bond donors (Lipinski definition) is 3. The highest BCUT2D eigenvalue weighted by molar-refractivity contribution is 5.85. The average molecular weight is 493 g/mol. The first-order chi connectivity index (χ1) is 17.4. The first kappa shape index (κ1) is 25.5. The number of nitrogens with one attached hydrogen (secondary N) is 1. The minimum absolute atomic E-state index is 0.0775. The van der Waals surface area contributed by atoms with Crippen LogP contribution in [0.2, 0.25) is 0 Å². The average Bonchev–Trinajstić information content (AvgIpc) is 3.17. The molecule has 0 aliphatic carbocycles. The molecule has 4 rings (SSSR count). The molecule has 0 bridgehead atoms. The fourth-order valence-electron chi connectivity index (χ4n) is 5.38. The van der Waals surface area contributed by atoms with Gasteiger partial charge in [0.1, 0.15) is 12.4 Å². The summed E-state index contributed by atoms with van der Waals surface area (Å²) in [4.78, 5) is 28.0. The zero-order valence-corrected chi connectivity index (χ0v) is 20.6. The summed E-state index contributed by atoms with van der Waals surface area (Å²) in [5, 5.41) is 16.8. The molecule has 2 fully saturated rings. The lowest BCUT2D eigenvalue weighted by atomic mass is 9.89. The van der Waals surface area contributed by atoms with E-state index in [2.05, 4.69) is 24.3 Å². The maximum Gasteiger partial charge on any atom is 0.304 e. The van der Waals surface area contributed by atoms with E-state index in [-0.39, 0.29) is 24.3 Å². The SMILES string of the molecule is N=C(N)N1CCC(c2ccc(OC[C@@H]3C[C@@H](CC(=O)O)C(=O)N3CCCc3ccccc3)cc2)CC1. The number of nitrogens with two attached hydrogens (primary N) is 1. The Hall–Kier alpha value is -3.55. The molecule has 2 heterocycles. The van der Waals surface area contributed by atoms with Crippen LogP contribution < -0.4 is 10.5 Å². The summed E-state index contributed by atoms with van der Waals surface area (Å²) >= 11 is 0. The van der Waals surface area contributed by atoms with Crippen molar-refractivity contribution in [2.24, 2.45) is 11.7 Å². The van der Waals surface area contributed by atoms with Crippen molar-refractivity contribution in [1.82, 2.24) is 9.80 Å². The Morgan fingerprint density at radius 1 is 1.08 bits per heavy atom. The van der Waals surface area contributed by atoms with Gasteiger partial charge in [-0.15, -0.1) is 0 Å². The van der Waals surface area contributed by atoms with E-state index in [1.165, 1.54) is 11.1 Å². The number of aliphatic carboxylic acids is 1. The van der Waals surface area contributed by atoms with Gasteiger partial charge in [-0.2, -0.15) is 0 Å². The van der Waals surface area contributed by atoms with Crippen molar-refractivity contribution in [2.75, 3.05) is 26.2 Å². The molecule has 2 aliphatic rings. The minimum Gasteiger partial charge on any atom is -0.491 e. The first-order valence-electron chi connectivity index (χ1n) is 12.8. The number of ether oxygens (including phenoxy) is 1. The van der Waals surface area contributed by atoms with Gasteiger partial charge >= 0.3 is 5.97 Å². The van der Waals surface area contributed by atoms with E-state index in [0.717, 1.165) is 44.5 Å². The number of guanidine groups is 1. The standard InChI is InChI=1S/C28H36N4O4/c29-28(30)31-15-12-22(13-16-31)21-8-10-25(11-9-21)36-19-24-17-23(18-26(33)34)27(35)32(24)14-4-7-20-5-2-1-3-6-20/h1-3,5-6,8-11,22-24H,4,7,12-19H2,(H3,29,30)(H,33,34)/t23-,24-/m0/s1. The van der Waals surface area contributed by atoms with Crippen LogP contribution in [0.15, 0.2) is 54.6 Å². The lowest BCUT2D eigenvalue weighted by Crippen LogP contribution is -2.41. The van der Waals surface area contributed by atoms with Gasteiger partial charge in [0.05, 0.1) is 18.4 Å². The topological polar surface area (TPSA) is 120 Å². The number of carboxylic acid groups (broad SMARTS) is 1. The van der Waals surface area contributed by atoms with Gasteiger partial charge in [0, 0.05) is 19.6 Å². The number of likely N-dealkylation sites (tertiary alicyclic amines) is 2. The molecule has 2 aliphatic heterocycles. The molecule has 2 aromatic rings. The van der Waals surface area contributed by atoms with Crippen LogP contribution in [0, 0.1) is 11.3 Å². The number of hydrogen-bond acceptors (Lipinski definition) is 4. The number of piperidine rings is 1. The van der Waals surface area contributed by atoms with Crippen molar-refractivity contribution < 1.29 is 19.4 Å². The Morgan fingerprint density at radius 3 is 2.42 bits per heavy atom. The number of carbonyl (C=O) groups excluding carboxylic acids is 1. The van der Waals surface area contributed by atoms with Gasteiger partial charge in [0.25, 0.3) is 0 Å². The second-order valence-electron chi connectivity index (χ2n) is 9.83. The molecule has 2 atom stereocenters. The zero-order chi connectivity index (χ0) is 25.5. The maximum absolute atomic E-state index is 13.0. The monoisotopic (exact) mass is 492 g/mol. The number of amides is 1. The molecule has 4 N–H and O–H groups in total. The molecule has 8 heteroatoms. The smallest absolute Gasteiger partial charge is 0.304 e. The number of nitrogens with zero attached hydrogens (tertiary/aromatic N) is 2. The molecule has 0 aromatic heterocycles. The molecule has 0 radical (unpaired) electrons. The van der Waals surface area contributed by atoms with Crippen molar-refractivity contribution in [1.29, 1.82) is 5.41 Å². The van der Waals surface area contributed by atoms with Crippen molar-refractivity contribution in [3.8, 4) is 5.75 Å². The summed E-state index contributed by atoms with van der Waals surface area (Å²) < 4.78 is 6.08. The maximum atomic E-state index is 13.0. The summed E-state index contributed by atoms with van der Waals surface area (Å²) in [6, 6.07) is 18.2. The third kappa shape index (κ3) is 6.56. The number of aryl methyl sites for hydroxylation is 1. The van der Waals surface area contributed by atoms with E-state index in [1.54, 1.807) is 0 Å². The molecule has 36 heavy (non-hydrogen) atoms. The van der Waals surface area contributed by atoms with Crippen LogP contribution in [0.1, 0.15) is 49.1 Å². The molecule has 0 saturated carbocycles. The third-order valence-corrected chi connectivity index (χ3v) is 7.39. The molecule has 192 valence electrons. The van der Waals surface area contributed by atoms with Crippen LogP contribution in [-0.2, 0) is 16.0 Å². The highest BCUT2D eigenvalue weighted by Crippen LogP contribution is 2.31. The molecule has 8 nitrogen and oxygen atoms in total. The van der Waals surface area contributed by atoms with Gasteiger partial charge in [-0.25, -0.2) is 0 Å². The van der Waals surface area contributed by atoms with Gasteiger partial charge in [0.15, 0.2) is 5.96 Å². The predicted octanol–water partition coefficient (Wildman–Crippen LogP) is 3.46. The van der Waals surface area contributed by atoms with Gasteiger partial charge in [-0.3, -0.25) is 15.0 Å². The largest absolute Gasteiger partial charge is 0.491 e. The number of benzene rings is 2. The van der Waals surface area contributed by atoms with Crippen LogP contribution in [0.5, 0.6) is 5.75 Å².